The van der Waals surface area contributed by atoms with E-state index in [4.69, 9.17) is 11.6 Å². The minimum Gasteiger partial charge on any atom is -0.373 e. The third-order valence-electron chi connectivity index (χ3n) is 3.72. The molecule has 0 radical (unpaired) electrons. The van der Waals surface area contributed by atoms with Crippen LogP contribution in [0.3, 0.4) is 0 Å². The van der Waals surface area contributed by atoms with Crippen LogP contribution in [0.25, 0.3) is 0 Å². The molecule has 0 aliphatic rings. The Morgan fingerprint density at radius 2 is 1.24 bits per heavy atom. The molecule has 3 rings (SSSR count). The van der Waals surface area contributed by atoms with Crippen molar-refractivity contribution >= 4 is 17.4 Å². The Morgan fingerprint density at radius 3 is 1.76 bits per heavy atom. The lowest BCUT2D eigenvalue weighted by Crippen LogP contribution is -2.01. The van der Waals surface area contributed by atoms with Gasteiger partial charge in [-0.2, -0.15) is 0 Å². The van der Waals surface area contributed by atoms with E-state index in [1.807, 2.05) is 42.5 Å². The summed E-state index contributed by atoms with van der Waals surface area (Å²) in [5, 5.41) is 9.30. The molecule has 0 saturated carbocycles. The summed E-state index contributed by atoms with van der Waals surface area (Å²) < 4.78 is 0. The van der Waals surface area contributed by atoms with Gasteiger partial charge < -0.3 is 5.11 Å². The van der Waals surface area contributed by atoms with Crippen LogP contribution < -0.4 is 0 Å². The highest BCUT2D eigenvalue weighted by molar-refractivity contribution is 6.19. The molecule has 1 N–H and O–H groups in total. The van der Waals surface area contributed by atoms with Crippen LogP contribution in [0.5, 0.6) is 0 Å². The average molecular weight is 347 g/mol. The van der Waals surface area contributed by atoms with Crippen molar-refractivity contribution < 1.29 is 9.90 Å². The fourth-order valence-electron chi connectivity index (χ4n) is 2.33. The summed E-state index contributed by atoms with van der Waals surface area (Å²) in [6.45, 7) is 0. The third kappa shape index (κ3) is 4.36. The van der Waals surface area contributed by atoms with Crippen molar-refractivity contribution in [3.8, 4) is 11.8 Å². The number of rotatable bonds is 3. The summed E-state index contributed by atoms with van der Waals surface area (Å²) >= 11 is 5.60. The number of carbonyl (C=O) groups is 1. The molecular formula is C22H15ClO2. The maximum Gasteiger partial charge on any atom is 0.193 e. The molecule has 3 heteroatoms. The van der Waals surface area contributed by atoms with E-state index in [-0.39, 0.29) is 5.78 Å². The Labute approximate surface area is 151 Å². The van der Waals surface area contributed by atoms with Gasteiger partial charge in [-0.3, -0.25) is 4.79 Å². The second-order valence-electron chi connectivity index (χ2n) is 5.48. The maximum absolute atomic E-state index is 12.5. The van der Waals surface area contributed by atoms with Gasteiger partial charge in [0, 0.05) is 22.3 Å². The number of ketones is 1. The van der Waals surface area contributed by atoms with E-state index in [2.05, 4.69) is 11.8 Å². The normalized spacial score (nSPS) is 11.3. The van der Waals surface area contributed by atoms with Gasteiger partial charge in [0.2, 0.25) is 0 Å². The smallest absolute Gasteiger partial charge is 0.193 e. The molecule has 25 heavy (non-hydrogen) atoms. The predicted molar refractivity (Wildman–Crippen MR) is 99.6 cm³/mol. The van der Waals surface area contributed by atoms with Gasteiger partial charge in [0.1, 0.15) is 0 Å². The molecule has 3 aromatic rings. The number of hydrogen-bond donors (Lipinski definition) is 1. The highest BCUT2D eigenvalue weighted by Gasteiger charge is 2.10. The fraction of sp³-hybridized carbons (Fsp3) is 0.0455. The first-order valence-electron chi connectivity index (χ1n) is 7.77. The van der Waals surface area contributed by atoms with Crippen molar-refractivity contribution in [3.63, 3.8) is 0 Å². The summed E-state index contributed by atoms with van der Waals surface area (Å²) in [4.78, 5) is 12.5. The Kier molecular flexibility index (Phi) is 5.30. The molecule has 3 aromatic carbocycles. The second kappa shape index (κ2) is 7.81. The summed E-state index contributed by atoms with van der Waals surface area (Å²) in [7, 11) is 0. The zero-order valence-electron chi connectivity index (χ0n) is 13.3. The quantitative estimate of drug-likeness (QED) is 0.429. The van der Waals surface area contributed by atoms with Crippen molar-refractivity contribution in [2.45, 2.75) is 5.56 Å². The lowest BCUT2D eigenvalue weighted by Gasteiger charge is -2.05. The highest BCUT2D eigenvalue weighted by Crippen LogP contribution is 2.18. The Balaban J connectivity index is 1.76. The van der Waals surface area contributed by atoms with E-state index < -0.39 is 5.56 Å². The number of hydrogen-bond acceptors (Lipinski definition) is 2. The monoisotopic (exact) mass is 346 g/mol. The number of halogens is 1. The summed E-state index contributed by atoms with van der Waals surface area (Å²) in [6.07, 6.45) is 0. The van der Waals surface area contributed by atoms with Crippen LogP contribution in [0.1, 0.15) is 38.2 Å². The number of aliphatic hydroxyl groups is 1. The van der Waals surface area contributed by atoms with Gasteiger partial charge in [0.15, 0.2) is 11.3 Å². The van der Waals surface area contributed by atoms with Crippen molar-refractivity contribution in [1.29, 1.82) is 0 Å². The first-order chi connectivity index (χ1) is 12.1. The highest BCUT2D eigenvalue weighted by atomic mass is 35.5. The van der Waals surface area contributed by atoms with Gasteiger partial charge in [-0.15, -0.1) is 0 Å². The van der Waals surface area contributed by atoms with Crippen LogP contribution in [0.15, 0.2) is 78.9 Å². The van der Waals surface area contributed by atoms with Gasteiger partial charge >= 0.3 is 0 Å². The SMILES string of the molecule is O=C(c1ccc(C#Cc2ccccc2)cc1)c1ccc(C(O)Cl)cc1. The standard InChI is InChI=1S/C22H15ClO2/c23-22(25)20-14-12-19(13-15-20)21(24)18-10-8-17(9-11-18)7-6-16-4-2-1-3-5-16/h1-5,8-15,22,25H. The molecule has 1 atom stereocenters. The van der Waals surface area contributed by atoms with Crippen molar-refractivity contribution in [1.82, 2.24) is 0 Å². The average Bonchev–Trinajstić information content (AvgIpc) is 2.67. The van der Waals surface area contributed by atoms with E-state index in [0.717, 1.165) is 11.1 Å². The molecule has 0 aliphatic carbocycles. The van der Waals surface area contributed by atoms with Crippen LogP contribution in [-0.4, -0.2) is 10.9 Å². The summed E-state index contributed by atoms with van der Waals surface area (Å²) in [5.74, 6) is 6.09. The summed E-state index contributed by atoms with van der Waals surface area (Å²) in [6, 6.07) is 23.5. The first-order valence-corrected chi connectivity index (χ1v) is 8.21. The molecule has 0 aliphatic heterocycles. The topological polar surface area (TPSA) is 37.3 Å². The van der Waals surface area contributed by atoms with Crippen LogP contribution >= 0.6 is 11.6 Å². The van der Waals surface area contributed by atoms with Gasteiger partial charge in [-0.25, -0.2) is 0 Å². The second-order valence-corrected chi connectivity index (χ2v) is 5.89. The maximum atomic E-state index is 12.5. The number of benzene rings is 3. The van der Waals surface area contributed by atoms with E-state index in [1.165, 1.54) is 0 Å². The molecule has 1 unspecified atom stereocenters. The third-order valence-corrected chi connectivity index (χ3v) is 3.97. The van der Waals surface area contributed by atoms with Gasteiger partial charge in [-0.05, 0) is 42.0 Å². The van der Waals surface area contributed by atoms with Crippen molar-refractivity contribution in [2.75, 3.05) is 0 Å². The van der Waals surface area contributed by atoms with E-state index in [0.29, 0.717) is 16.7 Å². The first kappa shape index (κ1) is 17.0. The number of alkyl halides is 1. The van der Waals surface area contributed by atoms with Crippen LogP contribution in [0, 0.1) is 11.8 Å². The molecular weight excluding hydrogens is 332 g/mol. The van der Waals surface area contributed by atoms with Crippen molar-refractivity contribution in [3.05, 3.63) is 107 Å². The number of carbonyl (C=O) groups excluding carboxylic acids is 1. The Bertz CT molecular complexity index is 916. The molecule has 2 nitrogen and oxygen atoms in total. The van der Waals surface area contributed by atoms with Crippen LogP contribution in [0.2, 0.25) is 0 Å². The van der Waals surface area contributed by atoms with E-state index in [1.54, 1.807) is 36.4 Å². The van der Waals surface area contributed by atoms with Gasteiger partial charge in [0.05, 0.1) is 0 Å². The minimum absolute atomic E-state index is 0.0850. The molecule has 0 aromatic heterocycles. The van der Waals surface area contributed by atoms with Crippen molar-refractivity contribution in [2.24, 2.45) is 0 Å². The Hall–Kier alpha value is -2.86. The van der Waals surface area contributed by atoms with E-state index >= 15 is 0 Å². The lowest BCUT2D eigenvalue weighted by molar-refractivity contribution is 0.103. The molecule has 0 heterocycles. The van der Waals surface area contributed by atoms with E-state index in [9.17, 15) is 9.90 Å². The van der Waals surface area contributed by atoms with Gasteiger partial charge in [0.25, 0.3) is 0 Å². The molecule has 0 amide bonds. The predicted octanol–water partition coefficient (Wildman–Crippen LogP) is 4.55. The zero-order valence-corrected chi connectivity index (χ0v) is 14.1. The van der Waals surface area contributed by atoms with Gasteiger partial charge in [-0.1, -0.05) is 65.9 Å². The molecule has 0 fully saturated rings. The lowest BCUT2D eigenvalue weighted by atomic mass is 10.0. The molecule has 0 spiro atoms. The fourth-order valence-corrected chi connectivity index (χ4v) is 2.48. The molecule has 0 saturated heterocycles. The Morgan fingerprint density at radius 1 is 0.760 bits per heavy atom. The summed E-state index contributed by atoms with van der Waals surface area (Å²) in [5.41, 5.74) is 2.43. The largest absolute Gasteiger partial charge is 0.373 e. The molecule has 122 valence electrons. The molecule has 0 bridgehead atoms. The minimum atomic E-state index is -1.06. The van der Waals surface area contributed by atoms with Crippen LogP contribution in [-0.2, 0) is 0 Å². The zero-order chi connectivity index (χ0) is 17.6. The number of aliphatic hydroxyl groups excluding tert-OH is 1. The van der Waals surface area contributed by atoms with Crippen LogP contribution in [0.4, 0.5) is 0 Å².